The summed E-state index contributed by atoms with van der Waals surface area (Å²) in [6, 6.07) is 10.5. The zero-order valence-corrected chi connectivity index (χ0v) is 11.6. The number of hydrogen-bond acceptors (Lipinski definition) is 4. The number of rotatable bonds is 1. The third-order valence-electron chi connectivity index (χ3n) is 3.07. The van der Waals surface area contributed by atoms with E-state index in [-0.39, 0.29) is 0 Å². The Balaban J connectivity index is 0.000000408. The molecule has 1 saturated heterocycles. The fraction of sp³-hybridized carbons (Fsp3) is 0.400. The number of benzene rings is 1. The fourth-order valence-corrected chi connectivity index (χ4v) is 2.23. The Kier molecular flexibility index (Phi) is 5.12. The SMILES string of the molecule is COC.c1ccc2c(N3CCNCC3)nccc2c1. The van der Waals surface area contributed by atoms with Crippen molar-refractivity contribution in [2.24, 2.45) is 0 Å². The van der Waals surface area contributed by atoms with E-state index in [2.05, 4.69) is 50.3 Å². The highest BCUT2D eigenvalue weighted by Crippen LogP contribution is 2.23. The zero-order valence-electron chi connectivity index (χ0n) is 11.6. The standard InChI is InChI=1S/C13H15N3.C2H6O/c1-2-4-12-11(3-1)5-6-15-13(12)16-9-7-14-8-10-16;1-3-2/h1-6,14H,7-10H2;1-2H3. The third kappa shape index (κ3) is 3.43. The van der Waals surface area contributed by atoms with Gasteiger partial charge in [-0.3, -0.25) is 0 Å². The largest absolute Gasteiger partial charge is 0.388 e. The van der Waals surface area contributed by atoms with Crippen LogP contribution in [0.3, 0.4) is 0 Å². The number of anilines is 1. The molecule has 1 N–H and O–H groups in total. The summed E-state index contributed by atoms with van der Waals surface area (Å²) in [7, 11) is 3.25. The lowest BCUT2D eigenvalue weighted by Gasteiger charge is -2.29. The summed E-state index contributed by atoms with van der Waals surface area (Å²) >= 11 is 0. The molecule has 2 aromatic rings. The molecule has 1 aliphatic heterocycles. The van der Waals surface area contributed by atoms with Crippen LogP contribution in [-0.2, 0) is 4.74 Å². The summed E-state index contributed by atoms with van der Waals surface area (Å²) < 4.78 is 4.25. The first-order valence-electron chi connectivity index (χ1n) is 6.56. The predicted molar refractivity (Wildman–Crippen MR) is 79.8 cm³/mol. The Morgan fingerprint density at radius 1 is 1.11 bits per heavy atom. The first-order chi connectivity index (χ1) is 9.36. The van der Waals surface area contributed by atoms with Gasteiger partial charge < -0.3 is 15.0 Å². The van der Waals surface area contributed by atoms with Crippen LogP contribution in [0.5, 0.6) is 0 Å². The van der Waals surface area contributed by atoms with Crippen LogP contribution in [0.4, 0.5) is 5.82 Å². The van der Waals surface area contributed by atoms with E-state index in [1.807, 2.05) is 6.20 Å². The summed E-state index contributed by atoms with van der Waals surface area (Å²) in [5, 5.41) is 5.89. The van der Waals surface area contributed by atoms with Gasteiger partial charge in [-0.1, -0.05) is 24.3 Å². The van der Waals surface area contributed by atoms with Crippen molar-refractivity contribution in [3.05, 3.63) is 36.5 Å². The Hall–Kier alpha value is -1.65. The smallest absolute Gasteiger partial charge is 0.136 e. The van der Waals surface area contributed by atoms with Crippen LogP contribution in [0.2, 0.25) is 0 Å². The van der Waals surface area contributed by atoms with Crippen molar-refractivity contribution in [1.29, 1.82) is 0 Å². The number of hydrogen-bond donors (Lipinski definition) is 1. The number of pyridine rings is 1. The van der Waals surface area contributed by atoms with Gasteiger partial charge in [-0.25, -0.2) is 4.98 Å². The zero-order chi connectivity index (χ0) is 13.5. The molecule has 4 nitrogen and oxygen atoms in total. The summed E-state index contributed by atoms with van der Waals surface area (Å²) in [5.74, 6) is 1.12. The van der Waals surface area contributed by atoms with Gasteiger partial charge in [0.25, 0.3) is 0 Å². The van der Waals surface area contributed by atoms with E-state index < -0.39 is 0 Å². The quantitative estimate of drug-likeness (QED) is 0.849. The number of aromatic nitrogens is 1. The molecular formula is C15H21N3O. The van der Waals surface area contributed by atoms with Gasteiger partial charge in [0.1, 0.15) is 5.82 Å². The molecule has 19 heavy (non-hydrogen) atoms. The molecule has 0 atom stereocenters. The molecule has 102 valence electrons. The molecule has 0 unspecified atom stereocenters. The van der Waals surface area contributed by atoms with E-state index in [4.69, 9.17) is 0 Å². The minimum atomic E-state index is 1.04. The molecule has 4 heteroatoms. The molecule has 0 aliphatic carbocycles. The van der Waals surface area contributed by atoms with Gasteiger partial charge >= 0.3 is 0 Å². The molecule has 1 fully saturated rings. The van der Waals surface area contributed by atoms with Crippen LogP contribution in [0, 0.1) is 0 Å². The van der Waals surface area contributed by atoms with E-state index in [9.17, 15) is 0 Å². The van der Waals surface area contributed by atoms with Crippen LogP contribution in [0.1, 0.15) is 0 Å². The van der Waals surface area contributed by atoms with E-state index in [1.54, 1.807) is 14.2 Å². The van der Waals surface area contributed by atoms with Crippen LogP contribution in [-0.4, -0.2) is 45.4 Å². The van der Waals surface area contributed by atoms with Crippen molar-refractivity contribution >= 4 is 16.6 Å². The Morgan fingerprint density at radius 2 is 1.79 bits per heavy atom. The molecule has 0 amide bonds. The molecule has 1 aliphatic rings. The van der Waals surface area contributed by atoms with Crippen molar-refractivity contribution in [1.82, 2.24) is 10.3 Å². The van der Waals surface area contributed by atoms with Crippen molar-refractivity contribution in [2.75, 3.05) is 45.3 Å². The topological polar surface area (TPSA) is 37.4 Å². The Morgan fingerprint density at radius 3 is 2.53 bits per heavy atom. The number of fused-ring (bicyclic) bond motifs is 1. The van der Waals surface area contributed by atoms with Crippen LogP contribution in [0.15, 0.2) is 36.5 Å². The molecular weight excluding hydrogens is 238 g/mol. The lowest BCUT2D eigenvalue weighted by molar-refractivity contribution is 0.277. The summed E-state index contributed by atoms with van der Waals surface area (Å²) in [6.45, 7) is 4.18. The van der Waals surface area contributed by atoms with Crippen molar-refractivity contribution < 1.29 is 4.74 Å². The second-order valence-corrected chi connectivity index (χ2v) is 4.50. The number of methoxy groups -OCH3 is 1. The minimum absolute atomic E-state index is 1.04. The Labute approximate surface area is 114 Å². The maximum atomic E-state index is 4.53. The van der Waals surface area contributed by atoms with Gasteiger partial charge in [-0.05, 0) is 11.5 Å². The highest BCUT2D eigenvalue weighted by Gasteiger charge is 2.13. The van der Waals surface area contributed by atoms with E-state index in [0.717, 1.165) is 32.0 Å². The van der Waals surface area contributed by atoms with Crippen molar-refractivity contribution in [2.45, 2.75) is 0 Å². The van der Waals surface area contributed by atoms with Gasteiger partial charge in [0.15, 0.2) is 0 Å². The molecule has 2 heterocycles. The minimum Gasteiger partial charge on any atom is -0.388 e. The molecule has 1 aromatic carbocycles. The van der Waals surface area contributed by atoms with Gasteiger partial charge in [-0.15, -0.1) is 0 Å². The average molecular weight is 259 g/mol. The highest BCUT2D eigenvalue weighted by atomic mass is 16.4. The number of nitrogens with zero attached hydrogens (tertiary/aromatic N) is 2. The molecule has 3 rings (SSSR count). The molecule has 0 spiro atoms. The van der Waals surface area contributed by atoms with Crippen molar-refractivity contribution in [3.63, 3.8) is 0 Å². The first-order valence-corrected chi connectivity index (χ1v) is 6.56. The normalized spacial score (nSPS) is 14.9. The summed E-state index contributed by atoms with van der Waals surface area (Å²) in [4.78, 5) is 6.89. The van der Waals surface area contributed by atoms with Gasteiger partial charge in [0.05, 0.1) is 0 Å². The number of nitrogens with one attached hydrogen (secondary N) is 1. The van der Waals surface area contributed by atoms with E-state index in [1.165, 1.54) is 10.8 Å². The second kappa shape index (κ2) is 7.07. The summed E-state index contributed by atoms with van der Waals surface area (Å²) in [6.07, 6.45) is 1.90. The molecule has 0 radical (unpaired) electrons. The van der Waals surface area contributed by atoms with E-state index in [0.29, 0.717) is 0 Å². The predicted octanol–water partition coefficient (Wildman–Crippen LogP) is 1.91. The van der Waals surface area contributed by atoms with Crippen LogP contribution >= 0.6 is 0 Å². The maximum absolute atomic E-state index is 4.53. The highest BCUT2D eigenvalue weighted by molar-refractivity contribution is 5.92. The third-order valence-corrected chi connectivity index (χ3v) is 3.07. The van der Waals surface area contributed by atoms with Gasteiger partial charge in [-0.2, -0.15) is 0 Å². The lowest BCUT2D eigenvalue weighted by atomic mass is 10.1. The van der Waals surface area contributed by atoms with Crippen molar-refractivity contribution in [3.8, 4) is 0 Å². The molecule has 0 saturated carbocycles. The number of piperazine rings is 1. The lowest BCUT2D eigenvalue weighted by Crippen LogP contribution is -2.43. The average Bonchev–Trinajstić information content (AvgIpc) is 2.48. The monoisotopic (exact) mass is 259 g/mol. The maximum Gasteiger partial charge on any atom is 0.136 e. The molecule has 1 aromatic heterocycles. The summed E-state index contributed by atoms with van der Waals surface area (Å²) in [5.41, 5.74) is 0. The first kappa shape index (κ1) is 13.8. The van der Waals surface area contributed by atoms with E-state index >= 15 is 0 Å². The molecule has 0 bridgehead atoms. The van der Waals surface area contributed by atoms with Crippen LogP contribution < -0.4 is 10.2 Å². The fourth-order valence-electron chi connectivity index (χ4n) is 2.23. The second-order valence-electron chi connectivity index (χ2n) is 4.50. The number of ether oxygens (including phenoxy) is 1. The van der Waals surface area contributed by atoms with Gasteiger partial charge in [0, 0.05) is 52.0 Å². The van der Waals surface area contributed by atoms with Gasteiger partial charge in [0.2, 0.25) is 0 Å². The van der Waals surface area contributed by atoms with Crippen LogP contribution in [0.25, 0.3) is 10.8 Å². The Bertz CT molecular complexity index is 504.